The van der Waals surface area contributed by atoms with E-state index in [1.807, 2.05) is 6.07 Å². The first kappa shape index (κ1) is 15.1. The minimum absolute atomic E-state index is 0.238. The number of furan rings is 1. The fourth-order valence-electron chi connectivity index (χ4n) is 3.12. The zero-order valence-corrected chi connectivity index (χ0v) is 13.1. The maximum absolute atomic E-state index is 10.8. The quantitative estimate of drug-likeness (QED) is 0.340. The molecule has 0 atom stereocenters. The summed E-state index contributed by atoms with van der Waals surface area (Å²) in [6.07, 6.45) is 6.22. The highest BCUT2D eigenvalue weighted by Crippen LogP contribution is 2.29. The van der Waals surface area contributed by atoms with Crippen LogP contribution >= 0.6 is 0 Å². The monoisotopic (exact) mass is 338 g/mol. The van der Waals surface area contributed by atoms with Crippen molar-refractivity contribution in [3.05, 3.63) is 63.3 Å². The van der Waals surface area contributed by atoms with E-state index in [0.29, 0.717) is 11.3 Å². The zero-order chi connectivity index (χ0) is 17.4. The van der Waals surface area contributed by atoms with Crippen LogP contribution in [-0.2, 0) is 12.8 Å². The summed E-state index contributed by atoms with van der Waals surface area (Å²) >= 11 is 0. The average molecular weight is 338 g/mol. The number of oxime groups is 1. The molecule has 1 aliphatic rings. The van der Waals surface area contributed by atoms with Gasteiger partial charge in [0.2, 0.25) is 0 Å². The molecule has 0 bridgehead atoms. The van der Waals surface area contributed by atoms with Gasteiger partial charge in [-0.2, -0.15) is 5.10 Å². The molecule has 2 heterocycles. The molecule has 126 valence electrons. The van der Waals surface area contributed by atoms with Gasteiger partial charge in [0.15, 0.2) is 5.76 Å². The highest BCUT2D eigenvalue weighted by Gasteiger charge is 2.19. The molecule has 1 N–H and O–H groups in total. The Hall–Kier alpha value is -3.42. The van der Waals surface area contributed by atoms with Crippen LogP contribution in [0.1, 0.15) is 23.1 Å². The van der Waals surface area contributed by atoms with Crippen LogP contribution in [-0.4, -0.2) is 26.1 Å². The average Bonchev–Trinajstić information content (AvgIpc) is 3.33. The van der Waals surface area contributed by atoms with E-state index < -0.39 is 4.92 Å². The van der Waals surface area contributed by atoms with Gasteiger partial charge < -0.3 is 9.62 Å². The van der Waals surface area contributed by atoms with Gasteiger partial charge in [0.25, 0.3) is 0 Å². The molecule has 1 aliphatic carbocycles. The van der Waals surface area contributed by atoms with Gasteiger partial charge in [-0.25, -0.2) is 4.68 Å². The molecule has 0 saturated carbocycles. The third-order valence-electron chi connectivity index (χ3n) is 4.29. The van der Waals surface area contributed by atoms with E-state index in [1.165, 1.54) is 29.5 Å². The molecule has 1 aromatic carbocycles. The van der Waals surface area contributed by atoms with E-state index in [-0.39, 0.29) is 11.6 Å². The van der Waals surface area contributed by atoms with E-state index in [0.717, 1.165) is 24.9 Å². The Bertz CT molecular complexity index is 986. The van der Waals surface area contributed by atoms with Crippen LogP contribution in [0.15, 0.2) is 46.1 Å². The highest BCUT2D eigenvalue weighted by atomic mass is 16.6. The van der Waals surface area contributed by atoms with E-state index in [1.54, 1.807) is 10.9 Å². The van der Waals surface area contributed by atoms with Gasteiger partial charge in [0.05, 0.1) is 18.0 Å². The molecule has 25 heavy (non-hydrogen) atoms. The first-order valence-corrected chi connectivity index (χ1v) is 7.79. The number of aryl methyl sites for hydroxylation is 2. The summed E-state index contributed by atoms with van der Waals surface area (Å²) in [6, 6.07) is 8.90. The Kier molecular flexibility index (Phi) is 3.57. The second kappa shape index (κ2) is 5.90. The van der Waals surface area contributed by atoms with Crippen molar-refractivity contribution in [1.82, 2.24) is 9.78 Å². The Balaban J connectivity index is 1.78. The lowest BCUT2D eigenvalue weighted by atomic mass is 10.1. The molecular weight excluding hydrogens is 324 g/mol. The molecule has 8 nitrogen and oxygen atoms in total. The SMILES string of the molecule is O=[N+]([O-])c1ccc(-c2nn(-c3ccc4c(c3)CCC4)cc2C=NO)o1. The van der Waals surface area contributed by atoms with Crippen molar-refractivity contribution in [3.8, 4) is 17.1 Å². The van der Waals surface area contributed by atoms with Gasteiger partial charge in [-0.05, 0) is 48.6 Å². The van der Waals surface area contributed by atoms with Gasteiger partial charge in [-0.15, -0.1) is 0 Å². The summed E-state index contributed by atoms with van der Waals surface area (Å²) in [5.74, 6) is -0.129. The number of hydrogen-bond acceptors (Lipinski definition) is 6. The summed E-state index contributed by atoms with van der Waals surface area (Å²) in [4.78, 5) is 10.2. The first-order chi connectivity index (χ1) is 12.2. The van der Waals surface area contributed by atoms with E-state index >= 15 is 0 Å². The van der Waals surface area contributed by atoms with E-state index in [9.17, 15) is 10.1 Å². The molecule has 0 saturated heterocycles. The van der Waals surface area contributed by atoms with Crippen LogP contribution in [0, 0.1) is 10.1 Å². The van der Waals surface area contributed by atoms with E-state index in [4.69, 9.17) is 9.62 Å². The van der Waals surface area contributed by atoms with Crippen LogP contribution in [0.4, 0.5) is 5.88 Å². The van der Waals surface area contributed by atoms with Gasteiger partial charge >= 0.3 is 5.88 Å². The molecule has 0 amide bonds. The molecular formula is C17H14N4O4. The normalized spacial score (nSPS) is 13.4. The summed E-state index contributed by atoms with van der Waals surface area (Å²) in [5.41, 5.74) is 4.40. The minimum atomic E-state index is -0.610. The Morgan fingerprint density at radius 1 is 1.28 bits per heavy atom. The van der Waals surface area contributed by atoms with Gasteiger partial charge in [-0.1, -0.05) is 11.2 Å². The Morgan fingerprint density at radius 2 is 2.12 bits per heavy atom. The van der Waals surface area contributed by atoms with Crippen LogP contribution in [0.25, 0.3) is 17.1 Å². The van der Waals surface area contributed by atoms with Crippen molar-refractivity contribution in [2.24, 2.45) is 5.16 Å². The predicted molar refractivity (Wildman–Crippen MR) is 89.3 cm³/mol. The zero-order valence-electron chi connectivity index (χ0n) is 13.1. The largest absolute Gasteiger partial charge is 0.433 e. The third-order valence-corrected chi connectivity index (χ3v) is 4.29. The molecule has 0 fully saturated rings. The van der Waals surface area contributed by atoms with Crippen molar-refractivity contribution in [2.75, 3.05) is 0 Å². The van der Waals surface area contributed by atoms with Crippen molar-refractivity contribution in [1.29, 1.82) is 0 Å². The smallest absolute Gasteiger partial charge is 0.411 e. The Morgan fingerprint density at radius 3 is 2.88 bits per heavy atom. The van der Waals surface area contributed by atoms with Gasteiger partial charge in [-0.3, -0.25) is 10.1 Å². The lowest BCUT2D eigenvalue weighted by molar-refractivity contribution is -0.401. The summed E-state index contributed by atoms with van der Waals surface area (Å²) in [7, 11) is 0. The number of benzene rings is 1. The maximum atomic E-state index is 10.8. The fraction of sp³-hybridized carbons (Fsp3) is 0.176. The molecule has 0 radical (unpaired) electrons. The van der Waals surface area contributed by atoms with Crippen LogP contribution in [0.3, 0.4) is 0 Å². The third kappa shape index (κ3) is 2.67. The fourth-order valence-corrected chi connectivity index (χ4v) is 3.12. The Labute approximate surface area is 142 Å². The molecule has 0 unspecified atom stereocenters. The number of aromatic nitrogens is 2. The lowest BCUT2D eigenvalue weighted by Gasteiger charge is -2.04. The van der Waals surface area contributed by atoms with Gasteiger partial charge in [0, 0.05) is 11.8 Å². The lowest BCUT2D eigenvalue weighted by Crippen LogP contribution is -1.96. The standard InChI is InChI=1S/C17H14N4O4/c22-18-9-13-10-20(14-5-4-11-2-1-3-12(11)8-14)19-17(13)15-6-7-16(25-15)21(23)24/h4-10,22H,1-3H2. The van der Waals surface area contributed by atoms with Crippen molar-refractivity contribution in [3.63, 3.8) is 0 Å². The van der Waals surface area contributed by atoms with Crippen LogP contribution in [0.2, 0.25) is 0 Å². The summed E-state index contributed by atoms with van der Waals surface area (Å²) in [5, 5.41) is 27.2. The molecule has 2 aromatic heterocycles. The predicted octanol–water partition coefficient (Wildman–Crippen LogP) is 3.34. The molecule has 0 aliphatic heterocycles. The molecule has 8 heteroatoms. The van der Waals surface area contributed by atoms with Crippen LogP contribution < -0.4 is 0 Å². The second-order valence-electron chi connectivity index (χ2n) is 5.82. The number of nitrogens with zero attached hydrogens (tertiary/aromatic N) is 4. The number of nitro groups is 1. The van der Waals surface area contributed by atoms with Crippen molar-refractivity contribution >= 4 is 12.1 Å². The molecule has 0 spiro atoms. The summed E-state index contributed by atoms with van der Waals surface area (Å²) < 4.78 is 6.88. The molecule has 4 rings (SSSR count). The first-order valence-electron chi connectivity index (χ1n) is 7.79. The van der Waals surface area contributed by atoms with E-state index in [2.05, 4.69) is 22.4 Å². The minimum Gasteiger partial charge on any atom is -0.411 e. The number of hydrogen-bond donors (Lipinski definition) is 1. The molecule has 3 aromatic rings. The van der Waals surface area contributed by atoms with Gasteiger partial charge in [0.1, 0.15) is 10.6 Å². The topological polar surface area (TPSA) is 107 Å². The van der Waals surface area contributed by atoms with Crippen LogP contribution in [0.5, 0.6) is 0 Å². The maximum Gasteiger partial charge on any atom is 0.433 e. The number of rotatable bonds is 4. The number of fused-ring (bicyclic) bond motifs is 1. The summed E-state index contributed by atoms with van der Waals surface area (Å²) in [6.45, 7) is 0. The highest BCUT2D eigenvalue weighted by molar-refractivity contribution is 5.87. The van der Waals surface area contributed by atoms with Crippen molar-refractivity contribution < 1.29 is 14.5 Å². The van der Waals surface area contributed by atoms with Crippen molar-refractivity contribution in [2.45, 2.75) is 19.3 Å². The second-order valence-corrected chi connectivity index (χ2v) is 5.82.